The largest absolute Gasteiger partial charge is 0.350 e. The van der Waals surface area contributed by atoms with E-state index >= 15 is 0 Å². The van der Waals surface area contributed by atoms with E-state index in [9.17, 15) is 4.79 Å². The summed E-state index contributed by atoms with van der Waals surface area (Å²) in [5, 5.41) is 6.32. The predicted octanol–water partition coefficient (Wildman–Crippen LogP) is 1.24. The lowest BCUT2D eigenvalue weighted by atomic mass is 10.1. The van der Waals surface area contributed by atoms with Gasteiger partial charge < -0.3 is 10.6 Å². The molecule has 0 aromatic rings. The average Bonchev–Trinajstić information content (AvgIpc) is 3.00. The molecule has 1 aliphatic carbocycles. The standard InChI is InChI=1S/C11H18N2O.ClH/c14-11(4-3-9-1-2-9)13-10-5-7-12-8-6-10;/h3-4,9-10,12H,1-2,5-8H2,(H,13,14);1H/b4-3+;. The highest BCUT2D eigenvalue weighted by Gasteiger charge is 2.18. The van der Waals surface area contributed by atoms with Crippen molar-refractivity contribution in [1.82, 2.24) is 10.6 Å². The van der Waals surface area contributed by atoms with Gasteiger partial charge in [-0.25, -0.2) is 0 Å². The predicted molar refractivity (Wildman–Crippen MR) is 63.1 cm³/mol. The minimum Gasteiger partial charge on any atom is -0.350 e. The Morgan fingerprint density at radius 3 is 2.47 bits per heavy atom. The second kappa shape index (κ2) is 6.13. The van der Waals surface area contributed by atoms with Gasteiger partial charge in [-0.3, -0.25) is 4.79 Å². The number of piperidine rings is 1. The minimum absolute atomic E-state index is 0. The van der Waals surface area contributed by atoms with Crippen LogP contribution in [0, 0.1) is 5.92 Å². The van der Waals surface area contributed by atoms with Gasteiger partial charge in [0.1, 0.15) is 0 Å². The number of hydrogen-bond donors (Lipinski definition) is 2. The number of nitrogens with one attached hydrogen (secondary N) is 2. The van der Waals surface area contributed by atoms with Crippen LogP contribution in [-0.4, -0.2) is 25.0 Å². The molecule has 2 aliphatic rings. The Kier molecular flexibility index (Phi) is 5.12. The van der Waals surface area contributed by atoms with Crippen LogP contribution < -0.4 is 10.6 Å². The molecular formula is C11H19ClN2O. The molecule has 1 heterocycles. The van der Waals surface area contributed by atoms with Gasteiger partial charge in [0.05, 0.1) is 0 Å². The Labute approximate surface area is 97.1 Å². The first-order valence-corrected chi connectivity index (χ1v) is 5.54. The maximum atomic E-state index is 11.4. The van der Waals surface area contributed by atoms with Gasteiger partial charge >= 0.3 is 0 Å². The molecule has 0 spiro atoms. The van der Waals surface area contributed by atoms with E-state index in [2.05, 4.69) is 10.6 Å². The van der Waals surface area contributed by atoms with Crippen LogP contribution in [0.3, 0.4) is 0 Å². The molecule has 0 unspecified atom stereocenters. The van der Waals surface area contributed by atoms with Crippen molar-refractivity contribution in [2.24, 2.45) is 5.92 Å². The summed E-state index contributed by atoms with van der Waals surface area (Å²) in [5.74, 6) is 0.776. The van der Waals surface area contributed by atoms with Crippen LogP contribution in [0.5, 0.6) is 0 Å². The molecule has 1 amide bonds. The van der Waals surface area contributed by atoms with E-state index in [0.717, 1.165) is 25.9 Å². The van der Waals surface area contributed by atoms with Crippen molar-refractivity contribution >= 4 is 18.3 Å². The molecule has 2 N–H and O–H groups in total. The van der Waals surface area contributed by atoms with Gasteiger partial charge in [-0.15, -0.1) is 12.4 Å². The van der Waals surface area contributed by atoms with E-state index in [4.69, 9.17) is 0 Å². The van der Waals surface area contributed by atoms with E-state index in [1.165, 1.54) is 12.8 Å². The smallest absolute Gasteiger partial charge is 0.243 e. The fourth-order valence-corrected chi connectivity index (χ4v) is 1.73. The van der Waals surface area contributed by atoms with Crippen LogP contribution in [0.15, 0.2) is 12.2 Å². The van der Waals surface area contributed by atoms with Crippen molar-refractivity contribution in [1.29, 1.82) is 0 Å². The lowest BCUT2D eigenvalue weighted by molar-refractivity contribution is -0.117. The summed E-state index contributed by atoms with van der Waals surface area (Å²) in [6, 6.07) is 0.382. The first kappa shape index (κ1) is 12.5. The van der Waals surface area contributed by atoms with Crippen LogP contribution in [-0.2, 0) is 4.79 Å². The number of carbonyl (C=O) groups excluding carboxylic acids is 1. The van der Waals surface area contributed by atoms with Crippen LogP contribution in [0.2, 0.25) is 0 Å². The Morgan fingerprint density at radius 2 is 1.87 bits per heavy atom. The zero-order chi connectivity index (χ0) is 9.80. The second-order valence-corrected chi connectivity index (χ2v) is 4.23. The molecule has 0 aromatic heterocycles. The normalized spacial score (nSPS) is 22.4. The highest BCUT2D eigenvalue weighted by atomic mass is 35.5. The van der Waals surface area contributed by atoms with Gasteiger partial charge in [0.25, 0.3) is 0 Å². The lowest BCUT2D eigenvalue weighted by Gasteiger charge is -2.22. The number of amides is 1. The Morgan fingerprint density at radius 1 is 1.20 bits per heavy atom. The molecule has 0 bridgehead atoms. The minimum atomic E-state index is 0. The van der Waals surface area contributed by atoms with E-state index in [1.807, 2.05) is 6.08 Å². The highest BCUT2D eigenvalue weighted by Crippen LogP contribution is 2.29. The highest BCUT2D eigenvalue weighted by molar-refractivity contribution is 5.87. The third-order valence-electron chi connectivity index (χ3n) is 2.83. The van der Waals surface area contributed by atoms with E-state index in [-0.39, 0.29) is 18.3 Å². The van der Waals surface area contributed by atoms with E-state index in [0.29, 0.717) is 12.0 Å². The van der Waals surface area contributed by atoms with Crippen molar-refractivity contribution in [3.05, 3.63) is 12.2 Å². The number of rotatable bonds is 3. The van der Waals surface area contributed by atoms with Gasteiger partial charge in [0.15, 0.2) is 0 Å². The number of halogens is 1. The first-order chi connectivity index (χ1) is 6.84. The molecule has 0 radical (unpaired) electrons. The molecule has 2 rings (SSSR count). The van der Waals surface area contributed by atoms with Gasteiger partial charge in [0.2, 0.25) is 5.91 Å². The summed E-state index contributed by atoms with van der Waals surface area (Å²) in [7, 11) is 0. The van der Waals surface area contributed by atoms with Gasteiger partial charge in [-0.1, -0.05) is 6.08 Å². The zero-order valence-corrected chi connectivity index (χ0v) is 9.69. The zero-order valence-electron chi connectivity index (χ0n) is 8.87. The second-order valence-electron chi connectivity index (χ2n) is 4.23. The van der Waals surface area contributed by atoms with Crippen LogP contribution >= 0.6 is 12.4 Å². The molecule has 86 valence electrons. The Hall–Kier alpha value is -0.540. The molecule has 4 heteroatoms. The van der Waals surface area contributed by atoms with Gasteiger partial charge in [-0.2, -0.15) is 0 Å². The van der Waals surface area contributed by atoms with Crippen molar-refractivity contribution < 1.29 is 4.79 Å². The number of carbonyl (C=O) groups is 1. The first-order valence-electron chi connectivity index (χ1n) is 5.54. The monoisotopic (exact) mass is 230 g/mol. The molecule has 1 saturated carbocycles. The topological polar surface area (TPSA) is 41.1 Å². The molecule has 2 fully saturated rings. The molecule has 1 aliphatic heterocycles. The summed E-state index contributed by atoms with van der Waals surface area (Å²) in [4.78, 5) is 11.4. The Bertz CT molecular complexity index is 233. The van der Waals surface area contributed by atoms with Crippen molar-refractivity contribution in [2.75, 3.05) is 13.1 Å². The maximum Gasteiger partial charge on any atom is 0.243 e. The van der Waals surface area contributed by atoms with Gasteiger partial charge in [-0.05, 0) is 50.8 Å². The quantitative estimate of drug-likeness (QED) is 0.717. The van der Waals surface area contributed by atoms with Crippen LogP contribution in [0.25, 0.3) is 0 Å². The van der Waals surface area contributed by atoms with Crippen LogP contribution in [0.4, 0.5) is 0 Å². The van der Waals surface area contributed by atoms with E-state index in [1.54, 1.807) is 6.08 Å². The van der Waals surface area contributed by atoms with Crippen molar-refractivity contribution in [3.8, 4) is 0 Å². The number of allylic oxidation sites excluding steroid dienone is 1. The Balaban J connectivity index is 0.00000112. The van der Waals surface area contributed by atoms with E-state index < -0.39 is 0 Å². The summed E-state index contributed by atoms with van der Waals surface area (Å²) in [5.41, 5.74) is 0. The average molecular weight is 231 g/mol. The fourth-order valence-electron chi connectivity index (χ4n) is 1.73. The molecule has 0 aromatic carbocycles. The lowest BCUT2D eigenvalue weighted by Crippen LogP contribution is -2.42. The fraction of sp³-hybridized carbons (Fsp3) is 0.727. The summed E-state index contributed by atoms with van der Waals surface area (Å²) >= 11 is 0. The SMILES string of the molecule is Cl.O=C(/C=C/C1CC1)NC1CCNCC1. The summed E-state index contributed by atoms with van der Waals surface area (Å²) in [6.45, 7) is 2.05. The van der Waals surface area contributed by atoms with Gasteiger partial charge in [0, 0.05) is 6.04 Å². The molecule has 1 saturated heterocycles. The molecule has 0 atom stereocenters. The third-order valence-corrected chi connectivity index (χ3v) is 2.83. The summed E-state index contributed by atoms with van der Waals surface area (Å²) < 4.78 is 0. The molecule has 3 nitrogen and oxygen atoms in total. The molecule has 15 heavy (non-hydrogen) atoms. The summed E-state index contributed by atoms with van der Waals surface area (Å²) in [6.07, 6.45) is 8.39. The van der Waals surface area contributed by atoms with Crippen molar-refractivity contribution in [2.45, 2.75) is 31.7 Å². The molecular weight excluding hydrogens is 212 g/mol. The maximum absolute atomic E-state index is 11.4. The third kappa shape index (κ3) is 4.67. The van der Waals surface area contributed by atoms with Crippen molar-refractivity contribution in [3.63, 3.8) is 0 Å². The number of hydrogen-bond acceptors (Lipinski definition) is 2. The van der Waals surface area contributed by atoms with Crippen LogP contribution in [0.1, 0.15) is 25.7 Å².